The first kappa shape index (κ1) is 24.0. The summed E-state index contributed by atoms with van der Waals surface area (Å²) in [5.41, 5.74) is 1.76. The van der Waals surface area contributed by atoms with Crippen LogP contribution in [0.2, 0.25) is 0 Å². The number of Topliss-reactive ketones (excluding diaryl/α,β-unsaturated/α-hetero) is 1. The van der Waals surface area contributed by atoms with Gasteiger partial charge in [-0.1, -0.05) is 39.4 Å². The molecule has 7 nitrogen and oxygen atoms in total. The molecule has 0 radical (unpaired) electrons. The molecule has 3 aromatic carbocycles. The molecule has 1 amide bonds. The summed E-state index contributed by atoms with van der Waals surface area (Å²) in [6.45, 7) is 2.43. The summed E-state index contributed by atoms with van der Waals surface area (Å²) in [7, 11) is 1.54. The van der Waals surface area contributed by atoms with Crippen LogP contribution in [0.4, 0.5) is 5.13 Å². The molecule has 1 aromatic heterocycles. The highest BCUT2D eigenvalue weighted by atomic mass is 79.9. The van der Waals surface area contributed by atoms with Crippen molar-refractivity contribution in [3.63, 3.8) is 0 Å². The van der Waals surface area contributed by atoms with Crippen LogP contribution < -0.4 is 14.4 Å². The Morgan fingerprint density at radius 2 is 1.75 bits per heavy atom. The first-order chi connectivity index (χ1) is 17.4. The average Bonchev–Trinajstić information content (AvgIpc) is 3.42. The van der Waals surface area contributed by atoms with Gasteiger partial charge in [0.25, 0.3) is 5.78 Å². The molecule has 4 aromatic rings. The smallest absolute Gasteiger partial charge is 0.301 e. The van der Waals surface area contributed by atoms with Gasteiger partial charge in [-0.2, -0.15) is 0 Å². The molecule has 1 unspecified atom stereocenters. The van der Waals surface area contributed by atoms with Gasteiger partial charge < -0.3 is 14.6 Å². The highest BCUT2D eigenvalue weighted by molar-refractivity contribution is 9.10. The summed E-state index contributed by atoms with van der Waals surface area (Å²) in [4.78, 5) is 32.8. The topological polar surface area (TPSA) is 89.0 Å². The number of hydrogen-bond acceptors (Lipinski definition) is 7. The van der Waals surface area contributed by atoms with Crippen molar-refractivity contribution in [2.24, 2.45) is 0 Å². The van der Waals surface area contributed by atoms with Crippen LogP contribution in [0.1, 0.15) is 24.1 Å². The van der Waals surface area contributed by atoms with E-state index in [1.807, 2.05) is 49.4 Å². The van der Waals surface area contributed by atoms with Gasteiger partial charge >= 0.3 is 5.91 Å². The number of anilines is 1. The summed E-state index contributed by atoms with van der Waals surface area (Å²) >= 11 is 4.72. The second-order valence-corrected chi connectivity index (χ2v) is 9.93. The van der Waals surface area contributed by atoms with Gasteiger partial charge in [-0.3, -0.25) is 14.5 Å². The van der Waals surface area contributed by atoms with Crippen molar-refractivity contribution < 1.29 is 24.2 Å². The number of nitrogens with zero attached hydrogens (tertiary/aromatic N) is 2. The Labute approximate surface area is 219 Å². The van der Waals surface area contributed by atoms with Crippen molar-refractivity contribution >= 4 is 60.1 Å². The molecule has 5 rings (SSSR count). The lowest BCUT2D eigenvalue weighted by Gasteiger charge is -2.23. The van der Waals surface area contributed by atoms with E-state index >= 15 is 0 Å². The standard InChI is InChI=1S/C27H21BrN2O5S/c1-3-35-19-12-13-20-21(14-19)36-27(29-20)30-23(15-4-8-17(28)9-5-15)22(25(32)26(30)33)24(31)16-6-10-18(34-2)11-7-16/h4-14,23,31H,3H2,1-2H3. The van der Waals surface area contributed by atoms with Crippen LogP contribution in [0.3, 0.4) is 0 Å². The molecule has 1 atom stereocenters. The van der Waals surface area contributed by atoms with E-state index in [0.717, 1.165) is 9.17 Å². The highest BCUT2D eigenvalue weighted by Gasteiger charge is 2.48. The molecule has 9 heteroatoms. The number of carbonyl (C=O) groups excluding carboxylic acids is 2. The highest BCUT2D eigenvalue weighted by Crippen LogP contribution is 2.44. The zero-order chi connectivity index (χ0) is 25.4. The number of benzene rings is 3. The third-order valence-corrected chi connectivity index (χ3v) is 7.41. The Bertz CT molecular complexity index is 1500. The number of ether oxygens (including phenoxy) is 2. The molecule has 0 aliphatic carbocycles. The zero-order valence-corrected chi connectivity index (χ0v) is 21.8. The number of aliphatic hydroxyl groups is 1. The normalized spacial score (nSPS) is 17.1. The van der Waals surface area contributed by atoms with Gasteiger partial charge in [0.1, 0.15) is 17.3 Å². The van der Waals surface area contributed by atoms with Crippen molar-refractivity contribution in [1.82, 2.24) is 4.98 Å². The molecular formula is C27H21BrN2O5S. The third-order valence-electron chi connectivity index (χ3n) is 5.86. The van der Waals surface area contributed by atoms with Crippen LogP contribution in [0.5, 0.6) is 11.5 Å². The Morgan fingerprint density at radius 1 is 1.06 bits per heavy atom. The second kappa shape index (κ2) is 9.75. The molecule has 0 spiro atoms. The molecule has 1 fully saturated rings. The van der Waals surface area contributed by atoms with E-state index in [9.17, 15) is 14.7 Å². The summed E-state index contributed by atoms with van der Waals surface area (Å²) in [6.07, 6.45) is 0. The van der Waals surface area contributed by atoms with E-state index < -0.39 is 17.7 Å². The van der Waals surface area contributed by atoms with E-state index in [1.54, 1.807) is 31.4 Å². The Balaban J connectivity index is 1.67. The van der Waals surface area contributed by atoms with Gasteiger partial charge in [0.15, 0.2) is 5.13 Å². The number of hydrogen-bond donors (Lipinski definition) is 1. The van der Waals surface area contributed by atoms with Crippen LogP contribution in [0.15, 0.2) is 76.8 Å². The maximum atomic E-state index is 13.4. The van der Waals surface area contributed by atoms with Crippen LogP contribution in [-0.4, -0.2) is 35.5 Å². The van der Waals surface area contributed by atoms with Gasteiger partial charge in [-0.15, -0.1) is 0 Å². The SMILES string of the molecule is CCOc1ccc2nc(N3C(=O)C(=O)C(=C(O)c4ccc(OC)cc4)C3c3ccc(Br)cc3)sc2c1. The van der Waals surface area contributed by atoms with Gasteiger partial charge in [0, 0.05) is 10.0 Å². The number of methoxy groups -OCH3 is 1. The third kappa shape index (κ3) is 4.25. The molecule has 1 aliphatic heterocycles. The number of carbonyl (C=O) groups is 2. The molecule has 0 bridgehead atoms. The Morgan fingerprint density at radius 3 is 2.42 bits per heavy atom. The Hall–Kier alpha value is -3.69. The minimum atomic E-state index is -0.855. The van der Waals surface area contributed by atoms with Gasteiger partial charge in [0.2, 0.25) is 0 Å². The van der Waals surface area contributed by atoms with Crippen LogP contribution >= 0.6 is 27.3 Å². The number of thiazole rings is 1. The van der Waals surface area contributed by atoms with Crippen molar-refractivity contribution in [2.75, 3.05) is 18.6 Å². The number of fused-ring (bicyclic) bond motifs is 1. The second-order valence-electron chi connectivity index (χ2n) is 8.01. The molecule has 182 valence electrons. The lowest BCUT2D eigenvalue weighted by atomic mass is 9.95. The maximum absolute atomic E-state index is 13.4. The maximum Gasteiger partial charge on any atom is 0.301 e. The van der Waals surface area contributed by atoms with Crippen LogP contribution in [0.25, 0.3) is 16.0 Å². The van der Waals surface area contributed by atoms with Crippen LogP contribution in [0, 0.1) is 0 Å². The minimum absolute atomic E-state index is 0.00162. The molecule has 1 saturated heterocycles. The van der Waals surface area contributed by atoms with E-state index in [1.165, 1.54) is 16.2 Å². The predicted octanol–water partition coefficient (Wildman–Crippen LogP) is 6.09. The number of aliphatic hydroxyl groups excluding tert-OH is 1. The molecule has 2 heterocycles. The van der Waals surface area contributed by atoms with Crippen molar-refractivity contribution in [1.29, 1.82) is 0 Å². The first-order valence-electron chi connectivity index (χ1n) is 11.2. The van der Waals surface area contributed by atoms with Gasteiger partial charge in [-0.05, 0) is 67.1 Å². The van der Waals surface area contributed by atoms with Crippen LogP contribution in [-0.2, 0) is 9.59 Å². The largest absolute Gasteiger partial charge is 0.507 e. The molecular weight excluding hydrogens is 544 g/mol. The number of aromatic nitrogens is 1. The van der Waals surface area contributed by atoms with Crippen molar-refractivity contribution in [2.45, 2.75) is 13.0 Å². The molecule has 0 saturated carbocycles. The fourth-order valence-electron chi connectivity index (χ4n) is 4.15. The first-order valence-corrected chi connectivity index (χ1v) is 12.8. The monoisotopic (exact) mass is 564 g/mol. The summed E-state index contributed by atoms with van der Waals surface area (Å²) < 4.78 is 12.5. The van der Waals surface area contributed by atoms with E-state index in [2.05, 4.69) is 20.9 Å². The van der Waals surface area contributed by atoms with Gasteiger partial charge in [0.05, 0.1) is 35.5 Å². The molecule has 1 N–H and O–H groups in total. The summed E-state index contributed by atoms with van der Waals surface area (Å²) in [5, 5.41) is 11.6. The lowest BCUT2D eigenvalue weighted by Crippen LogP contribution is -2.29. The summed E-state index contributed by atoms with van der Waals surface area (Å²) in [5.74, 6) is -0.470. The number of ketones is 1. The van der Waals surface area contributed by atoms with Gasteiger partial charge in [-0.25, -0.2) is 4.98 Å². The lowest BCUT2D eigenvalue weighted by molar-refractivity contribution is -0.132. The number of amides is 1. The summed E-state index contributed by atoms with van der Waals surface area (Å²) in [6, 6.07) is 18.6. The van der Waals surface area contributed by atoms with E-state index in [4.69, 9.17) is 9.47 Å². The Kier molecular flexibility index (Phi) is 6.51. The minimum Gasteiger partial charge on any atom is -0.507 e. The number of halogens is 1. The quantitative estimate of drug-likeness (QED) is 0.173. The molecule has 1 aliphatic rings. The fourth-order valence-corrected chi connectivity index (χ4v) is 5.43. The number of rotatable bonds is 6. The van der Waals surface area contributed by atoms with E-state index in [0.29, 0.717) is 39.9 Å². The average molecular weight is 565 g/mol. The van der Waals surface area contributed by atoms with Crippen molar-refractivity contribution in [3.8, 4) is 11.5 Å². The molecule has 36 heavy (non-hydrogen) atoms. The van der Waals surface area contributed by atoms with E-state index in [-0.39, 0.29) is 11.3 Å². The predicted molar refractivity (Wildman–Crippen MR) is 143 cm³/mol. The zero-order valence-electron chi connectivity index (χ0n) is 19.4. The van der Waals surface area contributed by atoms with Crippen molar-refractivity contribution in [3.05, 3.63) is 87.9 Å². The fraction of sp³-hybridized carbons (Fsp3) is 0.148.